The second kappa shape index (κ2) is 3.47. The summed E-state index contributed by atoms with van der Waals surface area (Å²) in [4.78, 5) is 22.3. The third-order valence-electron chi connectivity index (χ3n) is 2.15. The number of carbonyl (C=O) groups is 2. The van der Waals surface area contributed by atoms with E-state index in [0.717, 1.165) is 4.90 Å². The van der Waals surface area contributed by atoms with E-state index >= 15 is 0 Å². The molecule has 0 radical (unpaired) electrons. The summed E-state index contributed by atoms with van der Waals surface area (Å²) in [6.07, 6.45) is 1.01. The highest BCUT2D eigenvalue weighted by Crippen LogP contribution is 2.23. The predicted octanol–water partition coefficient (Wildman–Crippen LogP) is 0.770. The summed E-state index contributed by atoms with van der Waals surface area (Å²) in [5.41, 5.74) is 0.662. The zero-order valence-corrected chi connectivity index (χ0v) is 7.23. The Morgan fingerprint density at radius 2 is 2.15 bits per heavy atom. The number of allylic oxidation sites excluding steroid dienone is 1. The van der Waals surface area contributed by atoms with Gasteiger partial charge in [-0.2, -0.15) is 0 Å². The van der Waals surface area contributed by atoms with E-state index < -0.39 is 18.1 Å². The Hall–Kier alpha value is -1.52. The lowest BCUT2D eigenvalue weighted by Gasteiger charge is -2.17. The number of aliphatic carboxylic acids is 1. The fourth-order valence-electron chi connectivity index (χ4n) is 1.52. The summed E-state index contributed by atoms with van der Waals surface area (Å²) in [5.74, 6) is -1.10. The molecule has 2 N–H and O–H groups in total. The van der Waals surface area contributed by atoms with Gasteiger partial charge in [-0.15, -0.1) is 0 Å². The number of hydrogen-bond donors (Lipinski definition) is 2. The number of carboxylic acids is 1. The van der Waals surface area contributed by atoms with Crippen molar-refractivity contribution < 1.29 is 19.8 Å². The third kappa shape index (κ3) is 1.63. The quantitative estimate of drug-likeness (QED) is 0.591. The van der Waals surface area contributed by atoms with Gasteiger partial charge in [-0.3, -0.25) is 4.90 Å². The van der Waals surface area contributed by atoms with E-state index in [2.05, 4.69) is 0 Å². The van der Waals surface area contributed by atoms with E-state index in [1.165, 1.54) is 0 Å². The molecule has 0 aliphatic carbocycles. The minimum atomic E-state index is -1.18. The molecule has 0 bridgehead atoms. The minimum absolute atomic E-state index is 0.270. The highest BCUT2D eigenvalue weighted by Gasteiger charge is 2.37. The van der Waals surface area contributed by atoms with Gasteiger partial charge in [-0.25, -0.2) is 9.59 Å². The fourth-order valence-corrected chi connectivity index (χ4v) is 1.52. The van der Waals surface area contributed by atoms with Crippen LogP contribution in [-0.2, 0) is 4.79 Å². The third-order valence-corrected chi connectivity index (χ3v) is 2.15. The molecule has 0 saturated carbocycles. The molecule has 5 heteroatoms. The summed E-state index contributed by atoms with van der Waals surface area (Å²) < 4.78 is 0. The van der Waals surface area contributed by atoms with Crippen LogP contribution in [0.4, 0.5) is 4.79 Å². The monoisotopic (exact) mass is 185 g/mol. The molecular formula is C8H11NO4. The van der Waals surface area contributed by atoms with Crippen LogP contribution >= 0.6 is 0 Å². The Balaban J connectivity index is 2.92. The molecule has 1 rings (SSSR count). The van der Waals surface area contributed by atoms with Gasteiger partial charge in [0.1, 0.15) is 0 Å². The van der Waals surface area contributed by atoms with Crippen molar-refractivity contribution in [2.45, 2.75) is 19.4 Å². The number of rotatable bonds is 1. The molecule has 0 aromatic carbocycles. The highest BCUT2D eigenvalue weighted by molar-refractivity contribution is 5.83. The van der Waals surface area contributed by atoms with Gasteiger partial charge < -0.3 is 10.2 Å². The van der Waals surface area contributed by atoms with Crippen LogP contribution in [0.3, 0.4) is 0 Å². The van der Waals surface area contributed by atoms with Crippen molar-refractivity contribution in [1.29, 1.82) is 0 Å². The number of nitrogens with zero attached hydrogens (tertiary/aromatic N) is 1. The maximum absolute atomic E-state index is 10.7. The second-order valence-corrected chi connectivity index (χ2v) is 2.83. The Morgan fingerprint density at radius 1 is 1.54 bits per heavy atom. The predicted molar refractivity (Wildman–Crippen MR) is 44.5 cm³/mol. The molecule has 13 heavy (non-hydrogen) atoms. The van der Waals surface area contributed by atoms with E-state index in [0.29, 0.717) is 12.0 Å². The molecular weight excluding hydrogens is 174 g/mol. The van der Waals surface area contributed by atoms with Crippen LogP contribution in [0.2, 0.25) is 0 Å². The number of amides is 1. The van der Waals surface area contributed by atoms with Crippen LogP contribution in [0, 0.1) is 0 Å². The summed E-state index contributed by atoms with van der Waals surface area (Å²) in [5, 5.41) is 17.5. The minimum Gasteiger partial charge on any atom is -0.479 e. The molecule has 5 nitrogen and oxygen atoms in total. The Kier molecular flexibility index (Phi) is 2.55. The smallest absolute Gasteiger partial charge is 0.408 e. The molecule has 1 fully saturated rings. The zero-order valence-electron chi connectivity index (χ0n) is 7.23. The van der Waals surface area contributed by atoms with Gasteiger partial charge in [0.05, 0.1) is 0 Å². The summed E-state index contributed by atoms with van der Waals surface area (Å²) in [6.45, 7) is 1.99. The molecule has 1 aliphatic rings. The highest BCUT2D eigenvalue weighted by atomic mass is 16.4. The van der Waals surface area contributed by atoms with E-state index in [-0.39, 0.29) is 6.54 Å². The lowest BCUT2D eigenvalue weighted by molar-refractivity contribution is -0.140. The largest absolute Gasteiger partial charge is 0.479 e. The lowest BCUT2D eigenvalue weighted by Crippen LogP contribution is -2.40. The van der Waals surface area contributed by atoms with Gasteiger partial charge in [0, 0.05) is 6.54 Å². The van der Waals surface area contributed by atoms with Crippen LogP contribution in [0.25, 0.3) is 0 Å². The summed E-state index contributed by atoms with van der Waals surface area (Å²) >= 11 is 0. The maximum Gasteiger partial charge on any atom is 0.408 e. The van der Waals surface area contributed by atoms with Crippen LogP contribution in [-0.4, -0.2) is 39.8 Å². The first-order valence-corrected chi connectivity index (χ1v) is 3.95. The summed E-state index contributed by atoms with van der Waals surface area (Å²) in [7, 11) is 0. The summed E-state index contributed by atoms with van der Waals surface area (Å²) in [6, 6.07) is -0.984. The van der Waals surface area contributed by atoms with Crippen molar-refractivity contribution in [1.82, 2.24) is 4.90 Å². The van der Waals surface area contributed by atoms with Crippen LogP contribution in [0.5, 0.6) is 0 Å². The van der Waals surface area contributed by atoms with Gasteiger partial charge in [0.2, 0.25) is 0 Å². The standard InChI is InChI=1S/C8H11NO4/c1-2-5-3-4-9(8(12)13)6(5)7(10)11/h2,6H,3-4H2,1H3,(H,10,11)(H,12,13)/b5-2-. The van der Waals surface area contributed by atoms with E-state index in [1.54, 1.807) is 13.0 Å². The van der Waals surface area contributed by atoms with Crippen LogP contribution < -0.4 is 0 Å². The van der Waals surface area contributed by atoms with Crippen molar-refractivity contribution in [2.24, 2.45) is 0 Å². The van der Waals surface area contributed by atoms with Crippen molar-refractivity contribution in [3.8, 4) is 0 Å². The van der Waals surface area contributed by atoms with E-state index in [4.69, 9.17) is 10.2 Å². The van der Waals surface area contributed by atoms with E-state index in [9.17, 15) is 9.59 Å². The zero-order chi connectivity index (χ0) is 10.0. The molecule has 72 valence electrons. The van der Waals surface area contributed by atoms with Crippen molar-refractivity contribution in [3.05, 3.63) is 11.6 Å². The Labute approximate surface area is 75.3 Å². The molecule has 0 aromatic heterocycles. The number of hydrogen-bond acceptors (Lipinski definition) is 2. The van der Waals surface area contributed by atoms with Gasteiger partial charge in [0.25, 0.3) is 0 Å². The molecule has 1 unspecified atom stereocenters. The van der Waals surface area contributed by atoms with Gasteiger partial charge in [-0.1, -0.05) is 6.08 Å². The van der Waals surface area contributed by atoms with E-state index in [1.807, 2.05) is 0 Å². The SMILES string of the molecule is C/C=C1/CCN(C(=O)O)C1C(=O)O. The van der Waals surface area contributed by atoms with Gasteiger partial charge in [-0.05, 0) is 18.9 Å². The maximum atomic E-state index is 10.7. The fraction of sp³-hybridized carbons (Fsp3) is 0.500. The molecule has 1 heterocycles. The Bertz CT molecular complexity index is 271. The van der Waals surface area contributed by atoms with Crippen LogP contribution in [0.1, 0.15) is 13.3 Å². The van der Waals surface area contributed by atoms with Crippen molar-refractivity contribution >= 4 is 12.1 Å². The second-order valence-electron chi connectivity index (χ2n) is 2.83. The molecule has 1 atom stereocenters. The number of likely N-dealkylation sites (tertiary alicyclic amines) is 1. The first kappa shape index (κ1) is 9.57. The normalized spacial score (nSPS) is 25.2. The van der Waals surface area contributed by atoms with Gasteiger partial charge in [0.15, 0.2) is 6.04 Å². The number of carboxylic acid groups (broad SMARTS) is 2. The van der Waals surface area contributed by atoms with Crippen molar-refractivity contribution in [2.75, 3.05) is 6.54 Å². The van der Waals surface area contributed by atoms with Crippen molar-refractivity contribution in [3.63, 3.8) is 0 Å². The van der Waals surface area contributed by atoms with Gasteiger partial charge >= 0.3 is 12.1 Å². The average molecular weight is 185 g/mol. The topological polar surface area (TPSA) is 77.8 Å². The lowest BCUT2D eigenvalue weighted by atomic mass is 10.1. The molecule has 1 aliphatic heterocycles. The first-order valence-electron chi connectivity index (χ1n) is 3.95. The first-order chi connectivity index (χ1) is 6.07. The molecule has 0 aromatic rings. The Morgan fingerprint density at radius 3 is 2.54 bits per heavy atom. The average Bonchev–Trinajstić information content (AvgIpc) is 2.46. The molecule has 0 spiro atoms. The van der Waals surface area contributed by atoms with Crippen LogP contribution in [0.15, 0.2) is 11.6 Å². The molecule has 1 amide bonds. The molecule has 1 saturated heterocycles.